The van der Waals surface area contributed by atoms with E-state index >= 15 is 0 Å². The molecule has 2 N–H and O–H groups in total. The van der Waals surface area contributed by atoms with Crippen molar-refractivity contribution in [2.45, 2.75) is 92.0 Å². The molecule has 0 radical (unpaired) electrons. The number of thioether (sulfide) groups is 1. The molecule has 0 spiro atoms. The summed E-state index contributed by atoms with van der Waals surface area (Å²) in [7, 11) is 0. The normalized spacial score (nSPS) is 13.1. The highest BCUT2D eigenvalue weighted by molar-refractivity contribution is 7.99. The lowest BCUT2D eigenvalue weighted by Gasteiger charge is -2.13. The van der Waals surface area contributed by atoms with E-state index in [1.165, 1.54) is 16.7 Å². The second kappa shape index (κ2) is 17.4. The molecule has 166 valence electrons. The van der Waals surface area contributed by atoms with E-state index in [0.29, 0.717) is 12.2 Å². The third-order valence-electron chi connectivity index (χ3n) is 4.60. The van der Waals surface area contributed by atoms with Gasteiger partial charge in [0.15, 0.2) is 0 Å². The Bertz CT molecular complexity index is 575. The summed E-state index contributed by atoms with van der Waals surface area (Å²) < 4.78 is 0. The van der Waals surface area contributed by atoms with Gasteiger partial charge in [0.25, 0.3) is 0 Å². The second-order valence-corrected chi connectivity index (χ2v) is 8.99. The molecule has 0 aliphatic carbocycles. The van der Waals surface area contributed by atoms with Crippen molar-refractivity contribution in [2.75, 3.05) is 11.5 Å². The fraction of sp³-hybridized carbons (Fsp3) is 0.667. The summed E-state index contributed by atoms with van der Waals surface area (Å²) in [6, 6.07) is -0.811. The number of unbranched alkanes of at least 4 members (excludes halogenated alkanes) is 2. The number of carboxylic acids is 1. The van der Waals surface area contributed by atoms with E-state index in [9.17, 15) is 14.7 Å². The van der Waals surface area contributed by atoms with E-state index < -0.39 is 12.0 Å². The molecule has 0 aliphatic rings. The van der Waals surface area contributed by atoms with Crippen LogP contribution in [0.3, 0.4) is 0 Å². The van der Waals surface area contributed by atoms with Crippen LogP contribution in [0.1, 0.15) is 86.0 Å². The van der Waals surface area contributed by atoms with Crippen LogP contribution < -0.4 is 5.32 Å². The minimum absolute atomic E-state index is 0.162. The van der Waals surface area contributed by atoms with E-state index in [1.54, 1.807) is 11.8 Å². The Hall–Kier alpha value is -1.49. The van der Waals surface area contributed by atoms with Gasteiger partial charge >= 0.3 is 5.97 Å². The van der Waals surface area contributed by atoms with Crippen LogP contribution in [0.15, 0.2) is 34.9 Å². The Morgan fingerprint density at radius 2 is 1.55 bits per heavy atom. The van der Waals surface area contributed by atoms with Crippen LogP contribution in [0, 0.1) is 0 Å². The van der Waals surface area contributed by atoms with Gasteiger partial charge in [-0.05, 0) is 59.8 Å². The van der Waals surface area contributed by atoms with E-state index in [4.69, 9.17) is 0 Å². The lowest BCUT2D eigenvalue weighted by atomic mass is 10.1. The largest absolute Gasteiger partial charge is 0.480 e. The Kier molecular flexibility index (Phi) is 16.5. The average molecular weight is 424 g/mol. The van der Waals surface area contributed by atoms with E-state index in [-0.39, 0.29) is 5.91 Å². The zero-order chi connectivity index (χ0) is 22.1. The predicted molar refractivity (Wildman–Crippen MR) is 126 cm³/mol. The van der Waals surface area contributed by atoms with Gasteiger partial charge < -0.3 is 10.4 Å². The fourth-order valence-corrected chi connectivity index (χ4v) is 3.70. The van der Waals surface area contributed by atoms with Crippen molar-refractivity contribution in [2.24, 2.45) is 0 Å². The first kappa shape index (κ1) is 27.5. The third-order valence-corrected chi connectivity index (χ3v) is 5.57. The van der Waals surface area contributed by atoms with Crippen molar-refractivity contribution in [3.05, 3.63) is 34.9 Å². The first-order valence-corrected chi connectivity index (χ1v) is 12.0. The van der Waals surface area contributed by atoms with Crippen molar-refractivity contribution < 1.29 is 14.7 Å². The van der Waals surface area contributed by atoms with Gasteiger partial charge in [-0.25, -0.2) is 4.79 Å². The molecule has 0 aromatic heterocycles. The molecule has 0 rings (SSSR count). The maximum absolute atomic E-state index is 11.8. The van der Waals surface area contributed by atoms with E-state index in [2.05, 4.69) is 58.2 Å². The molecular formula is C24H41NO3S. The number of carbonyl (C=O) groups excluding carboxylic acids is 1. The maximum Gasteiger partial charge on any atom is 0.327 e. The number of amides is 1. The summed E-state index contributed by atoms with van der Waals surface area (Å²) in [4.78, 5) is 23.2. The topological polar surface area (TPSA) is 66.4 Å². The van der Waals surface area contributed by atoms with Gasteiger partial charge in [-0.3, -0.25) is 4.79 Å². The molecule has 29 heavy (non-hydrogen) atoms. The van der Waals surface area contributed by atoms with Crippen molar-refractivity contribution in [1.82, 2.24) is 5.32 Å². The summed E-state index contributed by atoms with van der Waals surface area (Å²) in [6.45, 7) is 10.7. The van der Waals surface area contributed by atoms with Crippen LogP contribution >= 0.6 is 11.8 Å². The number of hydrogen-bond donors (Lipinski definition) is 2. The monoisotopic (exact) mass is 423 g/mol. The average Bonchev–Trinajstić information content (AvgIpc) is 2.64. The Balaban J connectivity index is 4.15. The number of allylic oxidation sites excluding steroid dienone is 5. The van der Waals surface area contributed by atoms with Crippen molar-refractivity contribution in [3.8, 4) is 0 Å². The van der Waals surface area contributed by atoms with E-state index in [1.807, 2.05) is 0 Å². The van der Waals surface area contributed by atoms with Crippen LogP contribution in [0.5, 0.6) is 0 Å². The molecule has 0 fully saturated rings. The molecule has 0 unspecified atom stereocenters. The first-order chi connectivity index (χ1) is 13.8. The molecule has 1 amide bonds. The van der Waals surface area contributed by atoms with Gasteiger partial charge in [0.1, 0.15) is 6.04 Å². The zero-order valence-corrected chi connectivity index (χ0v) is 19.9. The van der Waals surface area contributed by atoms with Gasteiger partial charge in [0.05, 0.1) is 0 Å². The highest BCUT2D eigenvalue weighted by Gasteiger charge is 2.19. The number of hydrogen-bond acceptors (Lipinski definition) is 3. The maximum atomic E-state index is 11.8. The standard InChI is InChI=1S/C24H41NO3S/c1-6-7-8-15-23(26)25-22(24(27)28)18-29-17-16-21(5)14-10-13-20(4)12-9-11-19(2)3/h11,13,16,22H,6-10,12,14-15,17-18H2,1-5H3,(H,25,26)(H,27,28)/b20-13+,21-16+/t22-/m0/s1. The molecule has 1 atom stereocenters. The van der Waals surface area contributed by atoms with Crippen LogP contribution in [0.25, 0.3) is 0 Å². The summed E-state index contributed by atoms with van der Waals surface area (Å²) in [5, 5.41) is 12.0. The lowest BCUT2D eigenvalue weighted by molar-refractivity contribution is -0.141. The number of nitrogens with one attached hydrogen (secondary N) is 1. The Morgan fingerprint density at radius 1 is 0.931 bits per heavy atom. The quantitative estimate of drug-likeness (QED) is 0.226. The SMILES string of the molecule is CCCCCC(=O)N[C@@H](CSC/C=C(\C)CC/C=C(\C)CCC=C(C)C)C(=O)O. The first-order valence-electron chi connectivity index (χ1n) is 10.8. The molecule has 5 heteroatoms. The van der Waals surface area contributed by atoms with Crippen molar-refractivity contribution in [3.63, 3.8) is 0 Å². The van der Waals surface area contributed by atoms with Gasteiger partial charge in [-0.15, -0.1) is 0 Å². The molecule has 0 heterocycles. The smallest absolute Gasteiger partial charge is 0.327 e. The summed E-state index contributed by atoms with van der Waals surface area (Å²) in [5.74, 6) is 0.0350. The summed E-state index contributed by atoms with van der Waals surface area (Å²) in [6.07, 6.45) is 14.3. The number of aliphatic carboxylic acids is 1. The third kappa shape index (κ3) is 17.1. The Labute approximate surface area is 182 Å². The van der Waals surface area contributed by atoms with Crippen molar-refractivity contribution in [1.29, 1.82) is 0 Å². The molecule has 0 aromatic rings. The van der Waals surface area contributed by atoms with Gasteiger partial charge in [-0.1, -0.05) is 54.7 Å². The molecule has 0 aromatic carbocycles. The highest BCUT2D eigenvalue weighted by Crippen LogP contribution is 2.13. The van der Waals surface area contributed by atoms with Gasteiger partial charge in [0.2, 0.25) is 5.91 Å². The molecule has 4 nitrogen and oxygen atoms in total. The van der Waals surface area contributed by atoms with Gasteiger partial charge in [-0.2, -0.15) is 11.8 Å². The highest BCUT2D eigenvalue weighted by atomic mass is 32.2. The number of carbonyl (C=O) groups is 2. The molecule has 0 saturated carbocycles. The summed E-state index contributed by atoms with van der Waals surface area (Å²) >= 11 is 1.55. The molecule has 0 aliphatic heterocycles. The van der Waals surface area contributed by atoms with Gasteiger partial charge in [0, 0.05) is 17.9 Å². The lowest BCUT2D eigenvalue weighted by Crippen LogP contribution is -2.42. The van der Waals surface area contributed by atoms with Crippen LogP contribution in [-0.2, 0) is 9.59 Å². The summed E-state index contributed by atoms with van der Waals surface area (Å²) in [5.41, 5.74) is 4.13. The zero-order valence-electron chi connectivity index (χ0n) is 19.1. The van der Waals surface area contributed by atoms with Crippen LogP contribution in [0.2, 0.25) is 0 Å². The predicted octanol–water partition coefficient (Wildman–Crippen LogP) is 6.29. The second-order valence-electron chi connectivity index (χ2n) is 7.91. The van der Waals surface area contributed by atoms with Crippen molar-refractivity contribution >= 4 is 23.6 Å². The minimum atomic E-state index is -0.962. The number of rotatable bonds is 16. The van der Waals surface area contributed by atoms with Crippen LogP contribution in [0.4, 0.5) is 0 Å². The number of carboxylic acid groups (broad SMARTS) is 1. The minimum Gasteiger partial charge on any atom is -0.480 e. The molecule has 0 bridgehead atoms. The van der Waals surface area contributed by atoms with E-state index in [0.717, 1.165) is 50.7 Å². The Morgan fingerprint density at radius 3 is 2.14 bits per heavy atom. The fourth-order valence-electron chi connectivity index (χ4n) is 2.70. The molecular weight excluding hydrogens is 382 g/mol. The van der Waals surface area contributed by atoms with Crippen LogP contribution in [-0.4, -0.2) is 34.5 Å². The molecule has 0 saturated heterocycles.